The highest BCUT2D eigenvalue weighted by molar-refractivity contribution is 9.10. The van der Waals surface area contributed by atoms with Crippen LogP contribution >= 0.6 is 15.9 Å². The van der Waals surface area contributed by atoms with Crippen LogP contribution in [0.25, 0.3) is 11.1 Å². The number of rotatable bonds is 2. The molecule has 0 aliphatic heterocycles. The zero-order chi connectivity index (χ0) is 13.8. The summed E-state index contributed by atoms with van der Waals surface area (Å²) in [5.74, 6) is 0. The van der Waals surface area contributed by atoms with E-state index in [1.54, 1.807) is 0 Å². The Balaban J connectivity index is 1.93. The van der Waals surface area contributed by atoms with E-state index in [-0.39, 0.29) is 0 Å². The summed E-state index contributed by atoms with van der Waals surface area (Å²) in [4.78, 5) is 0. The minimum absolute atomic E-state index is 0.967. The van der Waals surface area contributed by atoms with Crippen molar-refractivity contribution in [3.05, 3.63) is 94.5 Å². The summed E-state index contributed by atoms with van der Waals surface area (Å²) in [6.45, 7) is 0. The molecule has 0 N–H and O–H groups in total. The highest BCUT2D eigenvalue weighted by Crippen LogP contribution is 2.26. The third-order valence-electron chi connectivity index (χ3n) is 3.42. The van der Waals surface area contributed by atoms with Crippen molar-refractivity contribution < 1.29 is 0 Å². The highest BCUT2D eigenvalue weighted by atomic mass is 79.9. The molecule has 1 aliphatic rings. The molecule has 98 valence electrons. The van der Waals surface area contributed by atoms with E-state index in [1.165, 1.54) is 22.3 Å². The summed E-state index contributed by atoms with van der Waals surface area (Å²) in [6.07, 6.45) is 9.84. The first kappa shape index (κ1) is 13.1. The van der Waals surface area contributed by atoms with Crippen molar-refractivity contribution in [2.75, 3.05) is 0 Å². The van der Waals surface area contributed by atoms with Gasteiger partial charge in [-0.15, -0.1) is 0 Å². The zero-order valence-electron chi connectivity index (χ0n) is 11.1. The molecule has 0 nitrogen and oxygen atoms in total. The number of benzene rings is 2. The second-order valence-electron chi connectivity index (χ2n) is 4.79. The fourth-order valence-corrected chi connectivity index (χ4v) is 2.59. The molecule has 0 amide bonds. The topological polar surface area (TPSA) is 0 Å². The fourth-order valence-electron chi connectivity index (χ4n) is 2.33. The lowest BCUT2D eigenvalue weighted by Crippen LogP contribution is -1.81. The zero-order valence-corrected chi connectivity index (χ0v) is 12.7. The summed E-state index contributed by atoms with van der Waals surface area (Å²) in [7, 11) is 0. The van der Waals surface area contributed by atoms with Gasteiger partial charge >= 0.3 is 0 Å². The van der Waals surface area contributed by atoms with Crippen molar-refractivity contribution in [3.8, 4) is 0 Å². The highest BCUT2D eigenvalue weighted by Gasteiger charge is 2.04. The Morgan fingerprint density at radius 2 is 1.50 bits per heavy atom. The van der Waals surface area contributed by atoms with E-state index in [0.29, 0.717) is 0 Å². The van der Waals surface area contributed by atoms with Gasteiger partial charge in [0.05, 0.1) is 0 Å². The van der Waals surface area contributed by atoms with Crippen molar-refractivity contribution in [3.63, 3.8) is 0 Å². The van der Waals surface area contributed by atoms with Gasteiger partial charge in [0.25, 0.3) is 0 Å². The SMILES string of the molecule is Brc1ccc(C2=CC=C(c3ccccc3)C=CC2)cc1. The molecule has 0 spiro atoms. The van der Waals surface area contributed by atoms with E-state index in [9.17, 15) is 0 Å². The standard InChI is InChI=1S/C19H15Br/c20-19-13-11-18(12-14-19)17-8-4-7-16(9-10-17)15-5-2-1-3-6-15/h1-7,9-14H,8H2. The first-order chi connectivity index (χ1) is 9.83. The quantitative estimate of drug-likeness (QED) is 0.648. The van der Waals surface area contributed by atoms with Crippen LogP contribution in [0, 0.1) is 0 Å². The van der Waals surface area contributed by atoms with Crippen LogP contribution in [0.5, 0.6) is 0 Å². The van der Waals surface area contributed by atoms with Gasteiger partial charge in [-0.05, 0) is 40.8 Å². The predicted octanol–water partition coefficient (Wildman–Crippen LogP) is 5.88. The van der Waals surface area contributed by atoms with Crippen molar-refractivity contribution in [2.45, 2.75) is 6.42 Å². The van der Waals surface area contributed by atoms with Gasteiger partial charge in [-0.3, -0.25) is 0 Å². The summed E-state index contributed by atoms with van der Waals surface area (Å²) in [6, 6.07) is 19.0. The van der Waals surface area contributed by atoms with Gasteiger partial charge in [-0.2, -0.15) is 0 Å². The molecule has 1 aliphatic carbocycles. The third kappa shape index (κ3) is 3.00. The molecule has 1 heteroatoms. The van der Waals surface area contributed by atoms with Gasteiger partial charge < -0.3 is 0 Å². The summed E-state index contributed by atoms with van der Waals surface area (Å²) in [5.41, 5.74) is 5.15. The molecule has 0 heterocycles. The van der Waals surface area contributed by atoms with Crippen molar-refractivity contribution >= 4 is 27.1 Å². The van der Waals surface area contributed by atoms with Gasteiger partial charge in [-0.25, -0.2) is 0 Å². The van der Waals surface area contributed by atoms with Crippen LogP contribution in [0.4, 0.5) is 0 Å². The monoisotopic (exact) mass is 322 g/mol. The van der Waals surface area contributed by atoms with E-state index in [2.05, 4.69) is 88.8 Å². The molecule has 0 aromatic heterocycles. The van der Waals surface area contributed by atoms with Crippen LogP contribution in [-0.4, -0.2) is 0 Å². The van der Waals surface area contributed by atoms with E-state index in [0.717, 1.165) is 10.9 Å². The van der Waals surface area contributed by atoms with Gasteiger partial charge in [0.15, 0.2) is 0 Å². The van der Waals surface area contributed by atoms with Crippen molar-refractivity contribution in [1.29, 1.82) is 0 Å². The Hall–Kier alpha value is -1.86. The maximum Gasteiger partial charge on any atom is 0.0175 e. The molecule has 0 fully saturated rings. The predicted molar refractivity (Wildman–Crippen MR) is 90.3 cm³/mol. The Bertz CT molecular complexity index is 673. The molecular formula is C19H15Br. The van der Waals surface area contributed by atoms with E-state index in [4.69, 9.17) is 0 Å². The number of halogens is 1. The Kier molecular flexibility index (Phi) is 3.98. The normalized spacial score (nSPS) is 14.4. The van der Waals surface area contributed by atoms with Crippen LogP contribution in [-0.2, 0) is 0 Å². The van der Waals surface area contributed by atoms with Crippen LogP contribution in [0.3, 0.4) is 0 Å². The Morgan fingerprint density at radius 3 is 2.25 bits per heavy atom. The largest absolute Gasteiger partial charge is 0.0795 e. The first-order valence-corrected chi connectivity index (χ1v) is 7.51. The lowest BCUT2D eigenvalue weighted by molar-refractivity contribution is 1.39. The third-order valence-corrected chi connectivity index (χ3v) is 3.95. The van der Waals surface area contributed by atoms with Crippen LogP contribution in [0.1, 0.15) is 17.5 Å². The maximum atomic E-state index is 3.48. The second-order valence-corrected chi connectivity index (χ2v) is 5.71. The van der Waals surface area contributed by atoms with Gasteiger partial charge in [0.2, 0.25) is 0 Å². The lowest BCUT2D eigenvalue weighted by atomic mass is 10.0. The second kappa shape index (κ2) is 6.06. The van der Waals surface area contributed by atoms with Crippen LogP contribution in [0.2, 0.25) is 0 Å². The number of allylic oxidation sites excluding steroid dienone is 6. The summed E-state index contributed by atoms with van der Waals surface area (Å²) < 4.78 is 1.12. The van der Waals surface area contributed by atoms with Crippen molar-refractivity contribution in [1.82, 2.24) is 0 Å². The minimum Gasteiger partial charge on any atom is -0.0795 e. The average Bonchev–Trinajstić information content (AvgIpc) is 2.75. The van der Waals surface area contributed by atoms with E-state index < -0.39 is 0 Å². The molecule has 0 radical (unpaired) electrons. The molecule has 3 rings (SSSR count). The summed E-state index contributed by atoms with van der Waals surface area (Å²) >= 11 is 3.48. The fraction of sp³-hybridized carbons (Fsp3) is 0.0526. The van der Waals surface area contributed by atoms with Gasteiger partial charge in [0, 0.05) is 4.47 Å². The number of hydrogen-bond donors (Lipinski definition) is 0. The minimum atomic E-state index is 0.967. The maximum absolute atomic E-state index is 3.48. The summed E-state index contributed by atoms with van der Waals surface area (Å²) in [5, 5.41) is 0. The molecular weight excluding hydrogens is 308 g/mol. The molecule has 0 unspecified atom stereocenters. The van der Waals surface area contributed by atoms with E-state index >= 15 is 0 Å². The molecule has 20 heavy (non-hydrogen) atoms. The van der Waals surface area contributed by atoms with E-state index in [1.807, 2.05) is 6.07 Å². The first-order valence-electron chi connectivity index (χ1n) is 6.72. The van der Waals surface area contributed by atoms with Crippen molar-refractivity contribution in [2.24, 2.45) is 0 Å². The van der Waals surface area contributed by atoms with Crippen LogP contribution < -0.4 is 0 Å². The smallest absolute Gasteiger partial charge is 0.0175 e. The van der Waals surface area contributed by atoms with Gasteiger partial charge in [0.1, 0.15) is 0 Å². The Labute approximate surface area is 128 Å². The average molecular weight is 323 g/mol. The molecule has 0 saturated carbocycles. The molecule has 2 aromatic carbocycles. The molecule has 2 aromatic rings. The molecule has 0 saturated heterocycles. The Morgan fingerprint density at radius 1 is 0.750 bits per heavy atom. The lowest BCUT2D eigenvalue weighted by Gasteiger charge is -2.03. The molecule has 0 atom stereocenters. The molecule has 0 bridgehead atoms. The van der Waals surface area contributed by atoms with Crippen LogP contribution in [0.15, 0.2) is 83.4 Å². The van der Waals surface area contributed by atoms with Gasteiger partial charge in [-0.1, -0.05) is 82.7 Å². The number of hydrogen-bond acceptors (Lipinski definition) is 0.